The molecule has 0 rings (SSSR count). The van der Waals surface area contributed by atoms with Crippen LogP contribution in [0.3, 0.4) is 0 Å². The first-order chi connectivity index (χ1) is 7.11. The zero-order chi connectivity index (χ0) is 11.7. The van der Waals surface area contributed by atoms with Crippen LogP contribution in [0.4, 0.5) is 0 Å². The van der Waals surface area contributed by atoms with Crippen LogP contribution < -0.4 is 0 Å². The first-order valence-corrected chi connectivity index (χ1v) is 5.75. The summed E-state index contributed by atoms with van der Waals surface area (Å²) in [6.07, 6.45) is 3.80. The Balaban J connectivity index is 3.69. The van der Waals surface area contributed by atoms with Gasteiger partial charge in [-0.15, -0.1) is 0 Å². The van der Waals surface area contributed by atoms with Crippen LogP contribution in [0.2, 0.25) is 0 Å². The third kappa shape index (κ3) is 7.14. The third-order valence-electron chi connectivity index (χ3n) is 2.34. The van der Waals surface area contributed by atoms with Crippen LogP contribution in [-0.2, 0) is 4.79 Å². The second-order valence-corrected chi connectivity index (χ2v) is 3.85. The lowest BCUT2D eigenvalue weighted by Crippen LogP contribution is -2.26. The number of nitrogens with zero attached hydrogens (tertiary/aromatic N) is 1. The number of carboxylic acid groups (broad SMARTS) is 1. The van der Waals surface area contributed by atoms with E-state index in [9.17, 15) is 4.79 Å². The fourth-order valence-corrected chi connectivity index (χ4v) is 1.59. The first kappa shape index (κ1) is 14.2. The summed E-state index contributed by atoms with van der Waals surface area (Å²) < 4.78 is 0. The number of rotatable bonds is 9. The summed E-state index contributed by atoms with van der Waals surface area (Å²) >= 11 is 0. The maximum atomic E-state index is 10.5. The molecule has 0 unspecified atom stereocenters. The van der Waals surface area contributed by atoms with Crippen molar-refractivity contribution >= 4 is 5.97 Å². The molecule has 0 saturated carbocycles. The molecule has 0 saturated heterocycles. The second kappa shape index (κ2) is 8.48. The smallest absolute Gasteiger partial charge is 0.330 e. The van der Waals surface area contributed by atoms with Crippen molar-refractivity contribution in [3.63, 3.8) is 0 Å². The summed E-state index contributed by atoms with van der Waals surface area (Å²) in [6.45, 7) is 11.0. The molecule has 88 valence electrons. The lowest BCUT2D eigenvalue weighted by atomic mass is 10.1. The Morgan fingerprint density at radius 1 is 1.20 bits per heavy atom. The van der Waals surface area contributed by atoms with Crippen LogP contribution in [-0.4, -0.2) is 35.6 Å². The molecule has 0 aliphatic heterocycles. The molecule has 3 nitrogen and oxygen atoms in total. The summed E-state index contributed by atoms with van der Waals surface area (Å²) in [5, 5.41) is 8.64. The molecule has 0 heterocycles. The van der Waals surface area contributed by atoms with Crippen LogP contribution >= 0.6 is 0 Å². The number of hydrogen-bond donors (Lipinski definition) is 1. The second-order valence-electron chi connectivity index (χ2n) is 3.85. The van der Waals surface area contributed by atoms with Gasteiger partial charge < -0.3 is 10.0 Å². The topological polar surface area (TPSA) is 40.5 Å². The van der Waals surface area contributed by atoms with E-state index in [4.69, 9.17) is 5.11 Å². The Morgan fingerprint density at radius 2 is 1.73 bits per heavy atom. The van der Waals surface area contributed by atoms with Crippen molar-refractivity contribution in [2.45, 2.75) is 39.5 Å². The standard InChI is InChI=1S/C12H23NO2/c1-4-8-13(9-5-2)10-6-7-11(3)12(14)15/h3-10H2,1-2H3,(H,14,15). The van der Waals surface area contributed by atoms with E-state index in [1.165, 1.54) is 0 Å². The number of aliphatic carboxylic acids is 1. The van der Waals surface area contributed by atoms with Crippen molar-refractivity contribution in [3.05, 3.63) is 12.2 Å². The Bertz CT molecular complexity index is 196. The van der Waals surface area contributed by atoms with Crippen molar-refractivity contribution in [1.29, 1.82) is 0 Å². The molecule has 0 atom stereocenters. The van der Waals surface area contributed by atoms with Gasteiger partial charge in [0.25, 0.3) is 0 Å². The first-order valence-electron chi connectivity index (χ1n) is 5.75. The molecule has 0 aliphatic rings. The SMILES string of the molecule is C=C(CCCN(CCC)CCC)C(=O)O. The largest absolute Gasteiger partial charge is 0.478 e. The van der Waals surface area contributed by atoms with Gasteiger partial charge in [-0.25, -0.2) is 4.79 Å². The summed E-state index contributed by atoms with van der Waals surface area (Å²) in [6, 6.07) is 0. The molecule has 0 aromatic heterocycles. The minimum Gasteiger partial charge on any atom is -0.478 e. The van der Waals surface area contributed by atoms with Crippen molar-refractivity contribution in [1.82, 2.24) is 4.90 Å². The molecular weight excluding hydrogens is 190 g/mol. The number of hydrogen-bond acceptors (Lipinski definition) is 2. The highest BCUT2D eigenvalue weighted by atomic mass is 16.4. The molecular formula is C12H23NO2. The van der Waals surface area contributed by atoms with Crippen LogP contribution in [0.25, 0.3) is 0 Å². The lowest BCUT2D eigenvalue weighted by molar-refractivity contribution is -0.132. The van der Waals surface area contributed by atoms with E-state index in [0.717, 1.165) is 38.9 Å². The van der Waals surface area contributed by atoms with Crippen LogP contribution in [0.5, 0.6) is 0 Å². The summed E-state index contributed by atoms with van der Waals surface area (Å²) in [5.74, 6) is -0.868. The fraction of sp³-hybridized carbons (Fsp3) is 0.750. The Morgan fingerprint density at radius 3 is 2.13 bits per heavy atom. The zero-order valence-corrected chi connectivity index (χ0v) is 9.96. The van der Waals surface area contributed by atoms with E-state index in [-0.39, 0.29) is 0 Å². The molecule has 0 aromatic rings. The molecule has 0 aliphatic carbocycles. The monoisotopic (exact) mass is 213 g/mol. The van der Waals surface area contributed by atoms with Gasteiger partial charge in [0.1, 0.15) is 0 Å². The molecule has 0 aromatic carbocycles. The van der Waals surface area contributed by atoms with Crippen LogP contribution in [0.1, 0.15) is 39.5 Å². The minimum absolute atomic E-state index is 0.322. The third-order valence-corrected chi connectivity index (χ3v) is 2.34. The van der Waals surface area contributed by atoms with Crippen molar-refractivity contribution in [2.75, 3.05) is 19.6 Å². The van der Waals surface area contributed by atoms with E-state index < -0.39 is 5.97 Å². The molecule has 0 radical (unpaired) electrons. The zero-order valence-electron chi connectivity index (χ0n) is 9.96. The molecule has 0 amide bonds. The predicted octanol–water partition coefficient (Wildman–Crippen LogP) is 2.53. The summed E-state index contributed by atoms with van der Waals surface area (Å²) in [7, 11) is 0. The van der Waals surface area contributed by atoms with Gasteiger partial charge in [0.15, 0.2) is 0 Å². The minimum atomic E-state index is -0.868. The van der Waals surface area contributed by atoms with Gasteiger partial charge in [-0.3, -0.25) is 0 Å². The maximum Gasteiger partial charge on any atom is 0.330 e. The summed E-state index contributed by atoms with van der Waals surface area (Å²) in [4.78, 5) is 12.9. The molecule has 15 heavy (non-hydrogen) atoms. The molecule has 0 spiro atoms. The predicted molar refractivity (Wildman–Crippen MR) is 63.0 cm³/mol. The van der Waals surface area contributed by atoms with Crippen molar-refractivity contribution in [2.24, 2.45) is 0 Å². The molecule has 0 fully saturated rings. The number of carbonyl (C=O) groups is 1. The highest BCUT2D eigenvalue weighted by molar-refractivity contribution is 5.85. The van der Waals surface area contributed by atoms with Gasteiger partial charge in [0.2, 0.25) is 0 Å². The van der Waals surface area contributed by atoms with Crippen molar-refractivity contribution in [3.8, 4) is 0 Å². The Labute approximate surface area is 92.8 Å². The van der Waals surface area contributed by atoms with Gasteiger partial charge in [-0.05, 0) is 45.3 Å². The average Bonchev–Trinajstić information content (AvgIpc) is 2.18. The molecule has 0 bridgehead atoms. The lowest BCUT2D eigenvalue weighted by Gasteiger charge is -2.20. The Kier molecular flexibility index (Phi) is 8.01. The molecule has 3 heteroatoms. The van der Waals surface area contributed by atoms with Crippen molar-refractivity contribution < 1.29 is 9.90 Å². The van der Waals surface area contributed by atoms with E-state index in [0.29, 0.717) is 12.0 Å². The molecule has 1 N–H and O–H groups in total. The van der Waals surface area contributed by atoms with Gasteiger partial charge in [-0.2, -0.15) is 0 Å². The van der Waals surface area contributed by atoms with E-state index in [1.807, 2.05) is 0 Å². The van der Waals surface area contributed by atoms with Crippen LogP contribution in [0, 0.1) is 0 Å². The van der Waals surface area contributed by atoms with E-state index >= 15 is 0 Å². The van der Waals surface area contributed by atoms with Gasteiger partial charge in [-0.1, -0.05) is 20.4 Å². The fourth-order valence-electron chi connectivity index (χ4n) is 1.59. The van der Waals surface area contributed by atoms with Gasteiger partial charge in [0.05, 0.1) is 0 Å². The van der Waals surface area contributed by atoms with E-state index in [2.05, 4.69) is 25.3 Å². The highest BCUT2D eigenvalue weighted by Gasteiger charge is 2.06. The van der Waals surface area contributed by atoms with Gasteiger partial charge in [0, 0.05) is 5.57 Å². The summed E-state index contributed by atoms with van der Waals surface area (Å²) in [5.41, 5.74) is 0.322. The quantitative estimate of drug-likeness (QED) is 0.598. The Hall–Kier alpha value is -0.830. The van der Waals surface area contributed by atoms with Crippen LogP contribution in [0.15, 0.2) is 12.2 Å². The van der Waals surface area contributed by atoms with Gasteiger partial charge >= 0.3 is 5.97 Å². The average molecular weight is 213 g/mol. The maximum absolute atomic E-state index is 10.5. The van der Waals surface area contributed by atoms with E-state index in [1.54, 1.807) is 0 Å². The highest BCUT2D eigenvalue weighted by Crippen LogP contribution is 2.05. The normalized spacial score (nSPS) is 10.6. The number of carboxylic acids is 1.